The van der Waals surface area contributed by atoms with Gasteiger partial charge in [-0.25, -0.2) is 13.8 Å². The molecule has 0 spiro atoms. The van der Waals surface area contributed by atoms with Crippen molar-refractivity contribution in [2.24, 2.45) is 0 Å². The zero-order valence-corrected chi connectivity index (χ0v) is 8.01. The Bertz CT molecular complexity index is 505. The summed E-state index contributed by atoms with van der Waals surface area (Å²) >= 11 is 0. The second kappa shape index (κ2) is 3.34. The van der Waals surface area contributed by atoms with Gasteiger partial charge in [-0.1, -0.05) is 6.07 Å². The number of hydrogen-bond acceptors (Lipinski definition) is 2. The molecule has 15 heavy (non-hydrogen) atoms. The normalized spacial score (nSPS) is 10.6. The smallest absolute Gasteiger partial charge is 0.198 e. The molecule has 0 aliphatic rings. The SMILES string of the molecule is Cc1[nH]c(N)nc1-c1cccc(F)c1F. The molecule has 2 aromatic rings. The van der Waals surface area contributed by atoms with Crippen molar-refractivity contribution in [2.45, 2.75) is 6.92 Å². The van der Waals surface area contributed by atoms with E-state index in [0.717, 1.165) is 6.07 Å². The molecule has 0 saturated carbocycles. The number of halogens is 2. The molecule has 0 atom stereocenters. The first kappa shape index (κ1) is 9.64. The van der Waals surface area contributed by atoms with E-state index in [4.69, 9.17) is 5.73 Å². The van der Waals surface area contributed by atoms with Gasteiger partial charge >= 0.3 is 0 Å². The Morgan fingerprint density at radius 1 is 1.33 bits per heavy atom. The highest BCUT2D eigenvalue weighted by Gasteiger charge is 2.14. The van der Waals surface area contributed by atoms with Gasteiger partial charge in [0, 0.05) is 11.3 Å². The zero-order valence-electron chi connectivity index (χ0n) is 8.01. The van der Waals surface area contributed by atoms with Crippen LogP contribution in [-0.2, 0) is 0 Å². The molecule has 78 valence electrons. The van der Waals surface area contributed by atoms with Crippen LogP contribution in [0.2, 0.25) is 0 Å². The predicted molar refractivity (Wildman–Crippen MR) is 53.1 cm³/mol. The Labute approximate surface area is 85.0 Å². The standard InChI is InChI=1S/C10H9F2N3/c1-5-9(15-10(13)14-5)6-3-2-4-7(11)8(6)12/h2-4H,1H3,(H3,13,14,15). The lowest BCUT2D eigenvalue weighted by Gasteiger charge is -2.01. The first-order valence-electron chi connectivity index (χ1n) is 4.36. The van der Waals surface area contributed by atoms with Gasteiger partial charge in [0.15, 0.2) is 17.6 Å². The van der Waals surface area contributed by atoms with Crippen LogP contribution in [0.25, 0.3) is 11.3 Å². The van der Waals surface area contributed by atoms with E-state index in [-0.39, 0.29) is 11.5 Å². The second-order valence-corrected chi connectivity index (χ2v) is 3.20. The van der Waals surface area contributed by atoms with Gasteiger partial charge in [-0.2, -0.15) is 0 Å². The maximum absolute atomic E-state index is 13.4. The lowest BCUT2D eigenvalue weighted by Crippen LogP contribution is -1.91. The van der Waals surface area contributed by atoms with E-state index < -0.39 is 11.6 Å². The molecule has 1 aromatic carbocycles. The van der Waals surface area contributed by atoms with Crippen molar-refractivity contribution >= 4 is 5.95 Å². The monoisotopic (exact) mass is 209 g/mol. The summed E-state index contributed by atoms with van der Waals surface area (Å²) in [6, 6.07) is 3.95. The Hall–Kier alpha value is -1.91. The molecule has 0 aliphatic carbocycles. The molecule has 1 heterocycles. The van der Waals surface area contributed by atoms with Gasteiger partial charge in [-0.15, -0.1) is 0 Å². The number of hydrogen-bond donors (Lipinski definition) is 2. The Morgan fingerprint density at radius 3 is 2.67 bits per heavy atom. The van der Waals surface area contributed by atoms with Crippen LogP contribution in [0.15, 0.2) is 18.2 Å². The average molecular weight is 209 g/mol. The molecule has 2 rings (SSSR count). The minimum Gasteiger partial charge on any atom is -0.369 e. The van der Waals surface area contributed by atoms with Crippen molar-refractivity contribution in [1.82, 2.24) is 9.97 Å². The molecule has 0 radical (unpaired) electrons. The van der Waals surface area contributed by atoms with Crippen LogP contribution in [0.3, 0.4) is 0 Å². The van der Waals surface area contributed by atoms with Gasteiger partial charge in [0.2, 0.25) is 0 Å². The van der Waals surface area contributed by atoms with E-state index in [0.29, 0.717) is 11.4 Å². The van der Waals surface area contributed by atoms with E-state index in [1.807, 2.05) is 0 Å². The minimum atomic E-state index is -0.910. The second-order valence-electron chi connectivity index (χ2n) is 3.20. The van der Waals surface area contributed by atoms with E-state index in [2.05, 4.69) is 9.97 Å². The van der Waals surface area contributed by atoms with E-state index in [9.17, 15) is 8.78 Å². The van der Waals surface area contributed by atoms with Crippen LogP contribution in [0.5, 0.6) is 0 Å². The molecule has 0 fully saturated rings. The third kappa shape index (κ3) is 1.56. The molecule has 0 saturated heterocycles. The number of aromatic amines is 1. The van der Waals surface area contributed by atoms with Crippen LogP contribution in [-0.4, -0.2) is 9.97 Å². The van der Waals surface area contributed by atoms with E-state index >= 15 is 0 Å². The molecular formula is C10H9F2N3. The van der Waals surface area contributed by atoms with Crippen molar-refractivity contribution in [2.75, 3.05) is 5.73 Å². The predicted octanol–water partition coefficient (Wildman–Crippen LogP) is 2.25. The maximum atomic E-state index is 13.4. The summed E-state index contributed by atoms with van der Waals surface area (Å²) in [5.41, 5.74) is 6.48. The van der Waals surface area contributed by atoms with E-state index in [1.54, 1.807) is 6.92 Å². The van der Waals surface area contributed by atoms with Gasteiger partial charge < -0.3 is 10.7 Å². The molecule has 3 N–H and O–H groups in total. The van der Waals surface area contributed by atoms with E-state index in [1.165, 1.54) is 12.1 Å². The fraction of sp³-hybridized carbons (Fsp3) is 0.100. The van der Waals surface area contributed by atoms with Crippen LogP contribution < -0.4 is 5.73 Å². The number of nitrogens with one attached hydrogen (secondary N) is 1. The number of rotatable bonds is 1. The molecule has 0 amide bonds. The van der Waals surface area contributed by atoms with Crippen molar-refractivity contribution in [3.05, 3.63) is 35.5 Å². The number of H-pyrrole nitrogens is 1. The third-order valence-electron chi connectivity index (χ3n) is 2.11. The lowest BCUT2D eigenvalue weighted by molar-refractivity contribution is 0.511. The molecular weight excluding hydrogens is 200 g/mol. The highest BCUT2D eigenvalue weighted by Crippen LogP contribution is 2.25. The summed E-state index contributed by atoms with van der Waals surface area (Å²) in [6.45, 7) is 1.70. The average Bonchev–Trinajstić information content (AvgIpc) is 2.50. The number of nitrogens with two attached hydrogens (primary N) is 1. The number of nitrogen functional groups attached to an aromatic ring is 1. The van der Waals surface area contributed by atoms with Crippen molar-refractivity contribution in [3.8, 4) is 11.3 Å². The molecule has 0 bridgehead atoms. The third-order valence-corrected chi connectivity index (χ3v) is 2.11. The van der Waals surface area contributed by atoms with Gasteiger partial charge in [-0.05, 0) is 19.1 Å². The van der Waals surface area contributed by atoms with Crippen LogP contribution >= 0.6 is 0 Å². The number of benzene rings is 1. The Kier molecular flexibility index (Phi) is 2.15. The number of imidazole rings is 1. The first-order chi connectivity index (χ1) is 7.09. The highest BCUT2D eigenvalue weighted by atomic mass is 19.2. The van der Waals surface area contributed by atoms with Crippen LogP contribution in [0.4, 0.5) is 14.7 Å². The van der Waals surface area contributed by atoms with Crippen LogP contribution in [0.1, 0.15) is 5.69 Å². The number of nitrogens with zero attached hydrogens (tertiary/aromatic N) is 1. The summed E-state index contributed by atoms with van der Waals surface area (Å²) in [5, 5.41) is 0. The topological polar surface area (TPSA) is 54.7 Å². The van der Waals surface area contributed by atoms with Crippen molar-refractivity contribution in [3.63, 3.8) is 0 Å². The largest absolute Gasteiger partial charge is 0.369 e. The Balaban J connectivity index is 2.64. The van der Waals surface area contributed by atoms with Crippen LogP contribution in [0, 0.1) is 18.6 Å². The summed E-state index contributed by atoms with van der Waals surface area (Å²) in [6.07, 6.45) is 0. The minimum absolute atomic E-state index is 0.112. The van der Waals surface area contributed by atoms with Gasteiger partial charge in [0.1, 0.15) is 0 Å². The summed E-state index contributed by atoms with van der Waals surface area (Å²) in [4.78, 5) is 6.63. The quantitative estimate of drug-likeness (QED) is 0.756. The Morgan fingerprint density at radius 2 is 2.07 bits per heavy atom. The van der Waals surface area contributed by atoms with Gasteiger partial charge in [-0.3, -0.25) is 0 Å². The van der Waals surface area contributed by atoms with Crippen molar-refractivity contribution < 1.29 is 8.78 Å². The van der Waals surface area contributed by atoms with Gasteiger partial charge in [0.25, 0.3) is 0 Å². The zero-order chi connectivity index (χ0) is 11.0. The summed E-state index contributed by atoms with van der Waals surface area (Å²) < 4.78 is 26.4. The highest BCUT2D eigenvalue weighted by molar-refractivity contribution is 5.64. The molecule has 0 aliphatic heterocycles. The molecule has 3 nitrogen and oxygen atoms in total. The molecule has 1 aromatic heterocycles. The fourth-order valence-corrected chi connectivity index (χ4v) is 1.43. The fourth-order valence-electron chi connectivity index (χ4n) is 1.43. The van der Waals surface area contributed by atoms with Crippen molar-refractivity contribution in [1.29, 1.82) is 0 Å². The lowest BCUT2D eigenvalue weighted by atomic mass is 10.1. The maximum Gasteiger partial charge on any atom is 0.198 e. The molecule has 5 heteroatoms. The first-order valence-corrected chi connectivity index (χ1v) is 4.36. The molecule has 0 unspecified atom stereocenters. The van der Waals surface area contributed by atoms with Gasteiger partial charge in [0.05, 0.1) is 5.69 Å². The number of aryl methyl sites for hydroxylation is 1. The summed E-state index contributed by atoms with van der Waals surface area (Å²) in [7, 11) is 0. The summed E-state index contributed by atoms with van der Waals surface area (Å²) in [5.74, 6) is -1.62. The number of anilines is 1. The number of aromatic nitrogens is 2.